The number of H-pyrrole nitrogens is 1. The van der Waals surface area contributed by atoms with Gasteiger partial charge >= 0.3 is 0 Å². The molecule has 0 radical (unpaired) electrons. The van der Waals surface area contributed by atoms with Crippen molar-refractivity contribution in [3.63, 3.8) is 0 Å². The van der Waals surface area contributed by atoms with Crippen molar-refractivity contribution >= 4 is 5.65 Å². The number of pyridine rings is 2. The summed E-state index contributed by atoms with van der Waals surface area (Å²) < 4.78 is 12.9. The third kappa shape index (κ3) is 4.69. The maximum atomic E-state index is 5.59. The number of aromatic amines is 1. The molecule has 2 saturated heterocycles. The van der Waals surface area contributed by atoms with Crippen LogP contribution in [0.1, 0.15) is 61.6 Å². The van der Waals surface area contributed by atoms with Gasteiger partial charge in [-0.15, -0.1) is 0 Å². The molecule has 6 rings (SSSR count). The molecule has 4 aromatic rings. The van der Waals surface area contributed by atoms with Gasteiger partial charge in [-0.3, -0.25) is 10.1 Å². The van der Waals surface area contributed by atoms with Gasteiger partial charge in [0.2, 0.25) is 0 Å². The summed E-state index contributed by atoms with van der Waals surface area (Å²) in [5.74, 6) is 2.19. The minimum Gasteiger partial charge on any atom is -0.493 e. The van der Waals surface area contributed by atoms with Gasteiger partial charge in [0.25, 0.3) is 0 Å². The molecule has 38 heavy (non-hydrogen) atoms. The third-order valence-electron chi connectivity index (χ3n) is 8.19. The van der Waals surface area contributed by atoms with E-state index in [1.807, 2.05) is 12.3 Å². The topological polar surface area (TPSA) is 93.5 Å². The largest absolute Gasteiger partial charge is 0.493 e. The number of ether oxygens (including phenoxy) is 2. The van der Waals surface area contributed by atoms with E-state index >= 15 is 0 Å². The van der Waals surface area contributed by atoms with Crippen LogP contribution in [0.2, 0.25) is 0 Å². The van der Waals surface area contributed by atoms with E-state index in [9.17, 15) is 0 Å². The quantitative estimate of drug-likeness (QED) is 0.376. The van der Waals surface area contributed by atoms with Crippen LogP contribution < -0.4 is 4.74 Å². The summed E-state index contributed by atoms with van der Waals surface area (Å²) in [4.78, 5) is 11.9. The maximum Gasteiger partial charge on any atom is 0.197 e. The van der Waals surface area contributed by atoms with Crippen LogP contribution in [-0.4, -0.2) is 74.6 Å². The highest BCUT2D eigenvalue weighted by Crippen LogP contribution is 2.38. The molecular weight excluding hydrogens is 478 g/mol. The van der Waals surface area contributed by atoms with Crippen molar-refractivity contribution < 1.29 is 9.47 Å². The number of aromatic nitrogens is 6. The molecule has 1 atom stereocenters. The molecule has 2 aliphatic rings. The van der Waals surface area contributed by atoms with Gasteiger partial charge in [0.1, 0.15) is 12.0 Å². The average Bonchev–Trinajstić information content (AvgIpc) is 3.69. The molecule has 4 aromatic heterocycles. The molecule has 6 heterocycles. The van der Waals surface area contributed by atoms with Crippen LogP contribution >= 0.6 is 0 Å². The number of likely N-dealkylation sites (tertiary alicyclic amines) is 1. The summed E-state index contributed by atoms with van der Waals surface area (Å²) in [7, 11) is 1.65. The predicted molar refractivity (Wildman–Crippen MR) is 147 cm³/mol. The molecule has 9 heteroatoms. The molecule has 0 aromatic carbocycles. The smallest absolute Gasteiger partial charge is 0.197 e. The van der Waals surface area contributed by atoms with E-state index in [-0.39, 0.29) is 5.92 Å². The van der Waals surface area contributed by atoms with Gasteiger partial charge in [-0.05, 0) is 80.3 Å². The monoisotopic (exact) mass is 515 g/mol. The fraction of sp³-hybridized carbons (Fsp3) is 0.517. The number of piperidine rings is 1. The molecule has 2 fully saturated rings. The zero-order valence-corrected chi connectivity index (χ0v) is 22.8. The van der Waals surface area contributed by atoms with Gasteiger partial charge in [0.05, 0.1) is 25.1 Å². The molecule has 200 valence electrons. The first-order valence-corrected chi connectivity index (χ1v) is 13.7. The van der Waals surface area contributed by atoms with Crippen LogP contribution in [0.5, 0.6) is 5.75 Å². The molecule has 0 bridgehead atoms. The molecule has 0 aliphatic carbocycles. The number of methoxy groups -OCH3 is 1. The highest BCUT2D eigenvalue weighted by molar-refractivity contribution is 5.75. The van der Waals surface area contributed by atoms with E-state index < -0.39 is 0 Å². The molecule has 9 nitrogen and oxygen atoms in total. The minimum absolute atomic E-state index is 0.243. The lowest BCUT2D eigenvalue weighted by Gasteiger charge is -2.34. The molecule has 0 saturated carbocycles. The van der Waals surface area contributed by atoms with Gasteiger partial charge < -0.3 is 14.4 Å². The summed E-state index contributed by atoms with van der Waals surface area (Å²) in [6.45, 7) is 11.9. The molecular formula is C29H37N7O2. The second kappa shape index (κ2) is 10.5. The van der Waals surface area contributed by atoms with Gasteiger partial charge in [-0.2, -0.15) is 10.2 Å². The first kappa shape index (κ1) is 25.0. The van der Waals surface area contributed by atoms with E-state index in [1.54, 1.807) is 11.6 Å². The summed E-state index contributed by atoms with van der Waals surface area (Å²) >= 11 is 0. The Kier molecular flexibility index (Phi) is 6.88. The SMILES string of the molecule is COc1cc(-c2[nH]nc(-c3cc(C)c(C4CCN(CC5CCOC5)CC4)cn3)c2C(C)C)cn2ncnc12. The lowest BCUT2D eigenvalue weighted by Crippen LogP contribution is -2.36. The first-order chi connectivity index (χ1) is 18.5. The van der Waals surface area contributed by atoms with E-state index in [0.29, 0.717) is 23.2 Å². The highest BCUT2D eigenvalue weighted by atomic mass is 16.5. The highest BCUT2D eigenvalue weighted by Gasteiger charge is 2.27. The lowest BCUT2D eigenvalue weighted by atomic mass is 9.87. The number of aryl methyl sites for hydroxylation is 1. The summed E-state index contributed by atoms with van der Waals surface area (Å²) in [5.41, 5.74) is 8.20. The Hall–Kier alpha value is -3.30. The second-order valence-corrected chi connectivity index (χ2v) is 11.1. The Morgan fingerprint density at radius 2 is 2.00 bits per heavy atom. The number of fused-ring (bicyclic) bond motifs is 1. The Bertz CT molecular complexity index is 1410. The zero-order chi connectivity index (χ0) is 26.2. The Labute approximate surface area is 223 Å². The van der Waals surface area contributed by atoms with Crippen molar-refractivity contribution in [2.45, 2.75) is 51.9 Å². The fourth-order valence-electron chi connectivity index (χ4n) is 6.15. The van der Waals surface area contributed by atoms with E-state index in [0.717, 1.165) is 54.5 Å². The second-order valence-electron chi connectivity index (χ2n) is 11.1. The summed E-state index contributed by atoms with van der Waals surface area (Å²) in [5, 5.41) is 12.4. The standard InChI is InChI=1S/C29H37N7O2/c1-18(2)26-27(22-12-25(37-4)29-31-17-32-36(29)15-22)33-34-28(26)24-11-19(3)23(13-30-24)21-5-8-35(9-6-21)14-20-7-10-38-16-20/h11-13,15,17-18,20-21H,5-10,14,16H2,1-4H3,(H,33,34). The van der Waals surface area contributed by atoms with Gasteiger partial charge in [-0.25, -0.2) is 9.50 Å². The summed E-state index contributed by atoms with van der Waals surface area (Å²) in [6.07, 6.45) is 9.17. The van der Waals surface area contributed by atoms with Crippen molar-refractivity contribution in [3.05, 3.63) is 47.5 Å². The zero-order valence-electron chi connectivity index (χ0n) is 22.8. The number of hydrogen-bond donors (Lipinski definition) is 1. The van der Waals surface area contributed by atoms with Crippen molar-refractivity contribution in [3.8, 4) is 28.4 Å². The maximum absolute atomic E-state index is 5.59. The van der Waals surface area contributed by atoms with Crippen molar-refractivity contribution in [2.24, 2.45) is 5.92 Å². The Balaban J connectivity index is 1.25. The number of nitrogens with one attached hydrogen (secondary N) is 1. The number of hydrogen-bond acceptors (Lipinski definition) is 7. The van der Waals surface area contributed by atoms with Crippen LogP contribution in [-0.2, 0) is 4.74 Å². The predicted octanol–water partition coefficient (Wildman–Crippen LogP) is 4.84. The van der Waals surface area contributed by atoms with Gasteiger partial charge in [0, 0.05) is 36.7 Å². The van der Waals surface area contributed by atoms with Crippen molar-refractivity contribution in [2.75, 3.05) is 40.0 Å². The lowest BCUT2D eigenvalue weighted by molar-refractivity contribution is 0.152. The van der Waals surface area contributed by atoms with Gasteiger partial charge in [-0.1, -0.05) is 13.8 Å². The molecule has 0 amide bonds. The third-order valence-corrected chi connectivity index (χ3v) is 8.19. The molecule has 2 aliphatic heterocycles. The Morgan fingerprint density at radius 1 is 1.16 bits per heavy atom. The normalized spacial score (nSPS) is 19.1. The van der Waals surface area contributed by atoms with Crippen molar-refractivity contribution in [1.82, 2.24) is 34.7 Å². The number of rotatable bonds is 7. The van der Waals surface area contributed by atoms with E-state index in [2.05, 4.69) is 53.1 Å². The van der Waals surface area contributed by atoms with Crippen molar-refractivity contribution in [1.29, 1.82) is 0 Å². The Morgan fingerprint density at radius 3 is 2.71 bits per heavy atom. The fourth-order valence-corrected chi connectivity index (χ4v) is 6.15. The van der Waals surface area contributed by atoms with E-state index in [4.69, 9.17) is 19.6 Å². The summed E-state index contributed by atoms with van der Waals surface area (Å²) in [6, 6.07) is 4.20. The van der Waals surface area contributed by atoms with Crippen LogP contribution in [0, 0.1) is 12.8 Å². The number of nitrogens with zero attached hydrogens (tertiary/aromatic N) is 6. The van der Waals surface area contributed by atoms with Gasteiger partial charge in [0.15, 0.2) is 11.4 Å². The van der Waals surface area contributed by atoms with Crippen LogP contribution in [0.3, 0.4) is 0 Å². The van der Waals surface area contributed by atoms with Crippen LogP contribution in [0.15, 0.2) is 30.9 Å². The van der Waals surface area contributed by atoms with Crippen LogP contribution in [0.25, 0.3) is 28.3 Å². The molecule has 1 unspecified atom stereocenters. The van der Waals surface area contributed by atoms with E-state index in [1.165, 1.54) is 43.3 Å². The molecule has 1 N–H and O–H groups in total. The van der Waals surface area contributed by atoms with Crippen LogP contribution in [0.4, 0.5) is 0 Å². The molecule has 0 spiro atoms. The minimum atomic E-state index is 0.243. The average molecular weight is 516 g/mol. The first-order valence-electron chi connectivity index (χ1n) is 13.7.